The summed E-state index contributed by atoms with van der Waals surface area (Å²) in [6, 6.07) is 5.32. The number of rotatable bonds is 5. The Labute approximate surface area is 148 Å². The van der Waals surface area contributed by atoms with Crippen molar-refractivity contribution in [2.24, 2.45) is 0 Å². The molecule has 0 atom stereocenters. The smallest absolute Gasteiger partial charge is 0.169 e. The number of aromatic nitrogens is 2. The molecule has 0 radical (unpaired) electrons. The average Bonchev–Trinajstić information content (AvgIpc) is 2.64. The van der Waals surface area contributed by atoms with Gasteiger partial charge < -0.3 is 9.64 Å². The maximum Gasteiger partial charge on any atom is 0.169 e. The summed E-state index contributed by atoms with van der Waals surface area (Å²) in [5.41, 5.74) is 1.86. The van der Waals surface area contributed by atoms with Gasteiger partial charge in [-0.05, 0) is 19.4 Å². The second-order valence-electron chi connectivity index (χ2n) is 6.32. The Morgan fingerprint density at radius 3 is 2.60 bits per heavy atom. The summed E-state index contributed by atoms with van der Waals surface area (Å²) < 4.78 is 19.4. The van der Waals surface area contributed by atoms with Gasteiger partial charge in [0.25, 0.3) is 0 Å². The van der Waals surface area contributed by atoms with Gasteiger partial charge in [-0.3, -0.25) is 4.90 Å². The van der Waals surface area contributed by atoms with Gasteiger partial charge in [-0.25, -0.2) is 14.4 Å². The van der Waals surface area contributed by atoms with Crippen LogP contribution in [0.5, 0.6) is 5.75 Å². The van der Waals surface area contributed by atoms with Crippen LogP contribution >= 0.6 is 0 Å². The van der Waals surface area contributed by atoms with Gasteiger partial charge in [-0.2, -0.15) is 0 Å². The number of benzene rings is 1. The van der Waals surface area contributed by atoms with Crippen LogP contribution in [0.15, 0.2) is 24.4 Å². The van der Waals surface area contributed by atoms with Crippen LogP contribution in [-0.2, 0) is 13.0 Å². The highest BCUT2D eigenvalue weighted by molar-refractivity contribution is 5.46. The van der Waals surface area contributed by atoms with Gasteiger partial charge in [0.05, 0.1) is 7.11 Å². The number of piperazine rings is 1. The average molecular weight is 344 g/mol. The molecule has 5 nitrogen and oxygen atoms in total. The van der Waals surface area contributed by atoms with Crippen molar-refractivity contribution in [3.05, 3.63) is 47.2 Å². The zero-order valence-corrected chi connectivity index (χ0v) is 15.1. The first-order valence-corrected chi connectivity index (χ1v) is 8.73. The van der Waals surface area contributed by atoms with Crippen LogP contribution in [0.4, 0.5) is 10.2 Å². The largest absolute Gasteiger partial charge is 0.494 e. The quantitative estimate of drug-likeness (QED) is 0.834. The van der Waals surface area contributed by atoms with E-state index in [0.717, 1.165) is 44.2 Å². The lowest BCUT2D eigenvalue weighted by atomic mass is 10.1. The Balaban J connectivity index is 1.66. The number of hydrogen-bond acceptors (Lipinski definition) is 5. The van der Waals surface area contributed by atoms with Gasteiger partial charge >= 0.3 is 0 Å². The highest BCUT2D eigenvalue weighted by atomic mass is 19.1. The monoisotopic (exact) mass is 344 g/mol. The molecule has 0 spiro atoms. The number of hydrogen-bond donors (Lipinski definition) is 0. The maximum absolute atomic E-state index is 14.3. The van der Waals surface area contributed by atoms with Gasteiger partial charge in [0.15, 0.2) is 11.6 Å². The molecule has 3 rings (SSSR count). The lowest BCUT2D eigenvalue weighted by molar-refractivity contribution is 0.244. The van der Waals surface area contributed by atoms with Crippen molar-refractivity contribution < 1.29 is 9.13 Å². The summed E-state index contributed by atoms with van der Waals surface area (Å²) in [6.45, 7) is 8.17. The highest BCUT2D eigenvalue weighted by Gasteiger charge is 2.21. The standard InChI is InChI=1S/C19H25FN4O/c1-4-15-12-21-14(2)22-19(15)24-10-8-23(9-11-24)13-16-6-5-7-17(25-3)18(16)20/h5-7,12H,4,8-11,13H2,1-3H3. The third-order valence-electron chi connectivity index (χ3n) is 4.67. The molecule has 25 heavy (non-hydrogen) atoms. The number of ether oxygens (including phenoxy) is 1. The normalized spacial score (nSPS) is 15.4. The second kappa shape index (κ2) is 7.78. The highest BCUT2D eigenvalue weighted by Crippen LogP contribution is 2.23. The minimum atomic E-state index is -0.257. The number of nitrogens with zero attached hydrogens (tertiary/aromatic N) is 4. The van der Waals surface area contributed by atoms with Crippen LogP contribution in [0, 0.1) is 12.7 Å². The lowest BCUT2D eigenvalue weighted by Gasteiger charge is -2.36. The van der Waals surface area contributed by atoms with Crippen molar-refractivity contribution in [1.82, 2.24) is 14.9 Å². The predicted molar refractivity (Wildman–Crippen MR) is 96.6 cm³/mol. The Kier molecular flexibility index (Phi) is 5.48. The topological polar surface area (TPSA) is 41.5 Å². The summed E-state index contributed by atoms with van der Waals surface area (Å²) >= 11 is 0. The fourth-order valence-corrected chi connectivity index (χ4v) is 3.20. The molecule has 1 aliphatic rings. The van der Waals surface area contributed by atoms with Crippen LogP contribution in [0.1, 0.15) is 23.9 Å². The summed E-state index contributed by atoms with van der Waals surface area (Å²) in [4.78, 5) is 13.5. The van der Waals surface area contributed by atoms with E-state index in [0.29, 0.717) is 17.9 Å². The van der Waals surface area contributed by atoms with Gasteiger partial charge in [-0.15, -0.1) is 0 Å². The molecular weight excluding hydrogens is 319 g/mol. The van der Waals surface area contributed by atoms with Crippen molar-refractivity contribution in [3.8, 4) is 5.75 Å². The molecule has 1 aliphatic heterocycles. The van der Waals surface area contributed by atoms with Crippen LogP contribution in [-0.4, -0.2) is 48.2 Å². The molecule has 0 unspecified atom stereocenters. The van der Waals surface area contributed by atoms with E-state index < -0.39 is 0 Å². The molecule has 1 aromatic heterocycles. The van der Waals surface area contributed by atoms with E-state index in [-0.39, 0.29) is 5.82 Å². The number of halogens is 1. The van der Waals surface area contributed by atoms with E-state index in [4.69, 9.17) is 4.74 Å². The Hall–Kier alpha value is -2.21. The first kappa shape index (κ1) is 17.6. The zero-order chi connectivity index (χ0) is 17.8. The third kappa shape index (κ3) is 3.90. The molecule has 0 bridgehead atoms. The summed E-state index contributed by atoms with van der Waals surface area (Å²) in [6.07, 6.45) is 2.85. The summed E-state index contributed by atoms with van der Waals surface area (Å²) in [7, 11) is 1.50. The van der Waals surface area contributed by atoms with Gasteiger partial charge in [0.1, 0.15) is 11.6 Å². The first-order valence-electron chi connectivity index (χ1n) is 8.73. The fourth-order valence-electron chi connectivity index (χ4n) is 3.20. The minimum Gasteiger partial charge on any atom is -0.494 e. The number of aryl methyl sites for hydroxylation is 2. The van der Waals surface area contributed by atoms with Crippen LogP contribution in [0.25, 0.3) is 0 Å². The summed E-state index contributed by atoms with van der Waals surface area (Å²) in [5, 5.41) is 0. The van der Waals surface area contributed by atoms with E-state index in [1.807, 2.05) is 25.3 Å². The Bertz CT molecular complexity index is 729. The SMILES string of the molecule is CCc1cnc(C)nc1N1CCN(Cc2cccc(OC)c2F)CC1. The molecule has 6 heteroatoms. The van der Waals surface area contributed by atoms with E-state index in [9.17, 15) is 4.39 Å². The van der Waals surface area contributed by atoms with E-state index in [1.54, 1.807) is 6.07 Å². The van der Waals surface area contributed by atoms with E-state index >= 15 is 0 Å². The molecule has 2 aromatic rings. The molecule has 134 valence electrons. The number of anilines is 1. The molecule has 1 aromatic carbocycles. The lowest BCUT2D eigenvalue weighted by Crippen LogP contribution is -2.46. The number of methoxy groups -OCH3 is 1. The predicted octanol–water partition coefficient (Wildman–Crippen LogP) is 2.82. The van der Waals surface area contributed by atoms with Crippen LogP contribution in [0.2, 0.25) is 0 Å². The molecule has 0 saturated carbocycles. The van der Waals surface area contributed by atoms with Crippen molar-refractivity contribution in [1.29, 1.82) is 0 Å². The first-order chi connectivity index (χ1) is 12.1. The van der Waals surface area contributed by atoms with Gasteiger partial charge in [-0.1, -0.05) is 19.1 Å². The zero-order valence-electron chi connectivity index (χ0n) is 15.1. The van der Waals surface area contributed by atoms with Crippen LogP contribution in [0.3, 0.4) is 0 Å². The van der Waals surface area contributed by atoms with Crippen LogP contribution < -0.4 is 9.64 Å². The van der Waals surface area contributed by atoms with Crippen molar-refractivity contribution >= 4 is 5.82 Å². The van der Waals surface area contributed by atoms with Crippen molar-refractivity contribution in [2.75, 3.05) is 38.2 Å². The molecule has 0 amide bonds. The molecular formula is C19H25FN4O. The maximum atomic E-state index is 14.3. The van der Waals surface area contributed by atoms with Crippen molar-refractivity contribution in [3.63, 3.8) is 0 Å². The van der Waals surface area contributed by atoms with Gasteiger partial charge in [0.2, 0.25) is 0 Å². The third-order valence-corrected chi connectivity index (χ3v) is 4.67. The van der Waals surface area contributed by atoms with Crippen molar-refractivity contribution in [2.45, 2.75) is 26.8 Å². The van der Waals surface area contributed by atoms with E-state index in [2.05, 4.69) is 26.7 Å². The minimum absolute atomic E-state index is 0.257. The second-order valence-corrected chi connectivity index (χ2v) is 6.32. The summed E-state index contributed by atoms with van der Waals surface area (Å²) in [5.74, 6) is 1.89. The molecule has 0 N–H and O–H groups in total. The molecule has 1 saturated heterocycles. The fraction of sp³-hybridized carbons (Fsp3) is 0.474. The molecule has 1 fully saturated rings. The van der Waals surface area contributed by atoms with Gasteiger partial charge in [0, 0.05) is 50.0 Å². The Morgan fingerprint density at radius 2 is 1.92 bits per heavy atom. The molecule has 2 heterocycles. The molecule has 0 aliphatic carbocycles. The van der Waals surface area contributed by atoms with E-state index in [1.165, 1.54) is 12.7 Å². The Morgan fingerprint density at radius 1 is 1.16 bits per heavy atom.